The number of imide groups is 1. The molecule has 1 aliphatic carbocycles. The fraction of sp³-hybridized carbons (Fsp3) is 0.400. The topological polar surface area (TPSA) is 188 Å². The predicted molar refractivity (Wildman–Crippen MR) is 250 cm³/mol. The van der Waals surface area contributed by atoms with Crippen molar-refractivity contribution in [3.63, 3.8) is 0 Å². The Balaban J connectivity index is 1.24. The number of hydrogen-bond donors (Lipinski definition) is 2. The van der Waals surface area contributed by atoms with Gasteiger partial charge in [-0.05, 0) is 117 Å². The molecule has 1 saturated heterocycles. The number of para-hydroxylation sites is 1. The molecule has 0 radical (unpaired) electrons. The maximum atomic E-state index is 12.5. The number of unbranched alkanes of at least 4 members (excludes halogenated alkanes) is 3. The van der Waals surface area contributed by atoms with E-state index >= 15 is 0 Å². The summed E-state index contributed by atoms with van der Waals surface area (Å²) >= 11 is 0. The van der Waals surface area contributed by atoms with Crippen molar-refractivity contribution in [2.45, 2.75) is 126 Å². The fourth-order valence-electron chi connectivity index (χ4n) is 9.28. The third kappa shape index (κ3) is 10.2. The van der Waals surface area contributed by atoms with Gasteiger partial charge in [-0.3, -0.25) is 18.7 Å². The normalized spacial score (nSPS) is 19.4. The molecule has 16 heteroatoms. The van der Waals surface area contributed by atoms with E-state index in [1.54, 1.807) is 6.07 Å². The number of anilines is 1. The highest BCUT2D eigenvalue weighted by Gasteiger charge is 2.44. The van der Waals surface area contributed by atoms with Gasteiger partial charge in [0.2, 0.25) is 5.69 Å². The third-order valence-electron chi connectivity index (χ3n) is 12.9. The van der Waals surface area contributed by atoms with Crippen LogP contribution in [0, 0.1) is 0 Å². The number of fused-ring (bicyclic) bond motifs is 2. The summed E-state index contributed by atoms with van der Waals surface area (Å²) in [4.78, 5) is 43.0. The molecule has 66 heavy (non-hydrogen) atoms. The molecule has 7 rings (SSSR count). The molecule has 0 spiro atoms. The molecule has 3 aromatic carbocycles. The van der Waals surface area contributed by atoms with Gasteiger partial charge in [-0.25, -0.2) is 4.79 Å². The Morgan fingerprint density at radius 3 is 2.14 bits per heavy atom. The zero-order chi connectivity index (χ0) is 47.6. The van der Waals surface area contributed by atoms with E-state index in [4.69, 9.17) is 9.57 Å². The van der Waals surface area contributed by atoms with E-state index in [1.165, 1.54) is 53.4 Å². The van der Waals surface area contributed by atoms with Gasteiger partial charge in [0, 0.05) is 66.7 Å². The lowest BCUT2D eigenvalue weighted by molar-refractivity contribution is -0.438. The zero-order valence-electron chi connectivity index (χ0n) is 38.1. The van der Waals surface area contributed by atoms with Crippen molar-refractivity contribution in [2.75, 3.05) is 18.0 Å². The van der Waals surface area contributed by atoms with Gasteiger partial charge in [-0.1, -0.05) is 57.9 Å². The summed E-state index contributed by atoms with van der Waals surface area (Å²) in [6.07, 6.45) is 14.3. The van der Waals surface area contributed by atoms with Gasteiger partial charge in [-0.2, -0.15) is 21.4 Å². The van der Waals surface area contributed by atoms with Crippen molar-refractivity contribution in [3.05, 3.63) is 125 Å². The SMILES string of the molecule is CCCC[N+]1=C(/C=C/C2=C(Oc3ccc(S(=O)(=O)O)cc3)C(=C/C=C3/N(CCCCCC(=O)ON4C(=O)CCC4=O)c4ccc(S(=O)(=O)O)cc4C3(C)C)/CCC2)C(C)(C)c2ccccc21. The molecule has 4 aliphatic rings. The average molecular weight is 941 g/mol. The Hall–Kier alpha value is -5.68. The summed E-state index contributed by atoms with van der Waals surface area (Å²) in [5.41, 5.74) is 6.76. The quantitative estimate of drug-likeness (QED) is 0.0566. The molecule has 0 unspecified atom stereocenters. The van der Waals surface area contributed by atoms with Gasteiger partial charge in [-0.15, -0.1) is 5.06 Å². The minimum absolute atomic E-state index is 0.0105. The lowest BCUT2D eigenvalue weighted by Crippen LogP contribution is -2.32. The van der Waals surface area contributed by atoms with E-state index in [2.05, 4.69) is 66.7 Å². The molecule has 3 heterocycles. The summed E-state index contributed by atoms with van der Waals surface area (Å²) in [6.45, 7) is 12.0. The molecule has 2 N–H and O–H groups in total. The molecule has 1 fully saturated rings. The van der Waals surface area contributed by atoms with Crippen molar-refractivity contribution in [1.82, 2.24) is 5.06 Å². The maximum Gasteiger partial charge on any atom is 0.333 e. The molecule has 3 aliphatic heterocycles. The number of rotatable bonds is 17. The lowest BCUT2D eigenvalue weighted by Gasteiger charge is -2.27. The van der Waals surface area contributed by atoms with E-state index in [0.29, 0.717) is 60.8 Å². The molecule has 0 aromatic heterocycles. The first-order valence-electron chi connectivity index (χ1n) is 22.5. The van der Waals surface area contributed by atoms with Crippen LogP contribution in [0.3, 0.4) is 0 Å². The second-order valence-corrected chi connectivity index (χ2v) is 21.0. The van der Waals surface area contributed by atoms with E-state index in [9.17, 15) is 40.3 Å². The van der Waals surface area contributed by atoms with Crippen molar-refractivity contribution in [1.29, 1.82) is 0 Å². The fourth-order valence-corrected chi connectivity index (χ4v) is 10.3. The van der Waals surface area contributed by atoms with Crippen molar-refractivity contribution in [2.24, 2.45) is 0 Å². The first-order chi connectivity index (χ1) is 31.2. The van der Waals surface area contributed by atoms with Crippen LogP contribution in [0.5, 0.6) is 5.75 Å². The predicted octanol–water partition coefficient (Wildman–Crippen LogP) is 9.21. The van der Waals surface area contributed by atoms with Crippen LogP contribution in [0.25, 0.3) is 0 Å². The van der Waals surface area contributed by atoms with Crippen LogP contribution in [-0.4, -0.2) is 72.2 Å². The Morgan fingerprint density at radius 2 is 1.45 bits per heavy atom. The smallest absolute Gasteiger partial charge is 0.333 e. The molecule has 0 bridgehead atoms. The minimum Gasteiger partial charge on any atom is -0.457 e. The summed E-state index contributed by atoms with van der Waals surface area (Å²) in [5.74, 6) is -0.743. The van der Waals surface area contributed by atoms with E-state index in [1.807, 2.05) is 26.0 Å². The molecule has 3 aromatic rings. The number of carbonyl (C=O) groups is 3. The molecule has 2 amide bonds. The average Bonchev–Trinajstić information content (AvgIpc) is 3.78. The summed E-state index contributed by atoms with van der Waals surface area (Å²) in [7, 11) is -8.93. The summed E-state index contributed by atoms with van der Waals surface area (Å²) in [6, 6.07) is 18.7. The number of allylic oxidation sites excluding steroid dienone is 7. The highest BCUT2D eigenvalue weighted by Crippen LogP contribution is 2.49. The number of amides is 2. The van der Waals surface area contributed by atoms with Gasteiger partial charge in [0.15, 0.2) is 5.71 Å². The molecular formula is C50H58N3O11S2+. The lowest BCUT2D eigenvalue weighted by atomic mass is 9.81. The number of benzene rings is 3. The second-order valence-electron chi connectivity index (χ2n) is 18.2. The van der Waals surface area contributed by atoms with Crippen LogP contribution in [0.1, 0.15) is 116 Å². The Bertz CT molecular complexity index is 2800. The van der Waals surface area contributed by atoms with Gasteiger partial charge in [0.1, 0.15) is 18.1 Å². The number of nitrogens with zero attached hydrogens (tertiary/aromatic N) is 3. The van der Waals surface area contributed by atoms with Crippen LogP contribution in [-0.2, 0) is 50.3 Å². The van der Waals surface area contributed by atoms with E-state index in [0.717, 1.165) is 48.3 Å². The number of hydroxylamine groups is 2. The molecule has 0 atom stereocenters. The summed E-state index contributed by atoms with van der Waals surface area (Å²) in [5, 5.41) is 0.547. The molecule has 14 nitrogen and oxygen atoms in total. The first-order valence-corrected chi connectivity index (χ1v) is 25.4. The standard InChI is InChI=1S/C50H57N3O11S2/c1-6-7-31-51-41-17-11-10-16-39(41)49(2,3)43(51)27-19-34-14-13-15-35(48(34)63-36-21-23-37(24-22-36)65(57,58)59)20-28-44-50(4,5)40-33-38(66(60,61)62)25-26-42(40)52(44)32-12-8-9-18-47(56)64-53-45(54)29-30-46(53)55/h10-11,16-17,19-28,33H,6-9,12-15,18,29-32H2,1-5H3,(H-,57,58,59,60,61,62)/p+1. The monoisotopic (exact) mass is 940 g/mol. The summed E-state index contributed by atoms with van der Waals surface area (Å²) < 4.78 is 77.3. The maximum absolute atomic E-state index is 12.5. The van der Waals surface area contributed by atoms with Crippen LogP contribution >= 0.6 is 0 Å². The van der Waals surface area contributed by atoms with E-state index in [-0.39, 0.29) is 34.5 Å². The van der Waals surface area contributed by atoms with Gasteiger partial charge in [0.05, 0.1) is 15.2 Å². The van der Waals surface area contributed by atoms with Crippen LogP contribution in [0.15, 0.2) is 123 Å². The van der Waals surface area contributed by atoms with Crippen LogP contribution < -0.4 is 9.64 Å². The Labute approximate surface area is 387 Å². The van der Waals surface area contributed by atoms with Crippen molar-refractivity contribution >= 4 is 55.1 Å². The minimum atomic E-state index is -4.50. The number of hydrogen-bond acceptors (Lipinski definition) is 10. The molecular weight excluding hydrogens is 883 g/mol. The van der Waals surface area contributed by atoms with E-state index < -0.39 is 43.4 Å². The number of ether oxygens (including phenoxy) is 1. The highest BCUT2D eigenvalue weighted by atomic mass is 32.2. The third-order valence-corrected chi connectivity index (χ3v) is 14.6. The van der Waals surface area contributed by atoms with Gasteiger partial charge >= 0.3 is 5.97 Å². The molecule has 350 valence electrons. The van der Waals surface area contributed by atoms with Crippen molar-refractivity contribution in [3.8, 4) is 5.75 Å². The highest BCUT2D eigenvalue weighted by molar-refractivity contribution is 7.86. The van der Waals surface area contributed by atoms with Crippen LogP contribution in [0.2, 0.25) is 0 Å². The van der Waals surface area contributed by atoms with Crippen LogP contribution in [0.4, 0.5) is 11.4 Å². The van der Waals surface area contributed by atoms with Crippen molar-refractivity contribution < 1.29 is 54.5 Å². The number of carbonyl (C=O) groups excluding carboxylic acids is 3. The Kier molecular flexibility index (Phi) is 14.1. The zero-order valence-corrected chi connectivity index (χ0v) is 39.7. The second kappa shape index (κ2) is 19.3. The van der Waals surface area contributed by atoms with Gasteiger partial charge < -0.3 is 14.5 Å². The molecule has 0 saturated carbocycles. The Morgan fingerprint density at radius 1 is 0.773 bits per heavy atom. The largest absolute Gasteiger partial charge is 0.457 e. The first kappa shape index (κ1) is 48.3. The van der Waals surface area contributed by atoms with Gasteiger partial charge in [0.25, 0.3) is 32.1 Å².